The number of amides is 5. The number of urea groups is 1. The summed E-state index contributed by atoms with van der Waals surface area (Å²) in [5, 5.41) is 15.0. The number of benzene rings is 2. The Morgan fingerprint density at radius 1 is 1.14 bits per heavy atom. The van der Waals surface area contributed by atoms with E-state index in [0.29, 0.717) is 34.7 Å². The molecule has 0 spiro atoms. The van der Waals surface area contributed by atoms with E-state index in [1.165, 1.54) is 7.05 Å². The van der Waals surface area contributed by atoms with E-state index in [1.807, 2.05) is 31.2 Å². The fourth-order valence-corrected chi connectivity index (χ4v) is 4.55. The Bertz CT molecular complexity index is 1170. The highest BCUT2D eigenvalue weighted by atomic mass is 16.5. The van der Waals surface area contributed by atoms with E-state index < -0.39 is 30.4 Å². The number of nitrogens with one attached hydrogen (secondary N) is 2. The second-order valence-corrected chi connectivity index (χ2v) is 8.71. The van der Waals surface area contributed by atoms with Crippen molar-refractivity contribution >= 4 is 29.6 Å². The molecule has 0 radical (unpaired) electrons. The molecule has 0 aromatic heterocycles. The molecule has 1 aliphatic heterocycles. The van der Waals surface area contributed by atoms with Gasteiger partial charge < -0.3 is 25.4 Å². The third kappa shape index (κ3) is 5.06. The van der Waals surface area contributed by atoms with Crippen LogP contribution in [0.25, 0.3) is 0 Å². The maximum atomic E-state index is 13.3. The Hall–Kier alpha value is -4.08. The first-order valence-corrected chi connectivity index (χ1v) is 11.4. The van der Waals surface area contributed by atoms with Gasteiger partial charge in [-0.2, -0.15) is 0 Å². The van der Waals surface area contributed by atoms with Crippen molar-refractivity contribution in [3.8, 4) is 5.75 Å². The van der Waals surface area contributed by atoms with Gasteiger partial charge in [-0.3, -0.25) is 9.59 Å². The first kappa shape index (κ1) is 24.1. The highest BCUT2D eigenvalue weighted by Crippen LogP contribution is 2.36. The summed E-state index contributed by atoms with van der Waals surface area (Å²) in [7, 11) is 1.51. The van der Waals surface area contributed by atoms with Crippen molar-refractivity contribution in [1.82, 2.24) is 15.1 Å². The Balaban J connectivity index is 1.50. The van der Waals surface area contributed by atoms with Crippen molar-refractivity contribution in [2.24, 2.45) is 0 Å². The van der Waals surface area contributed by atoms with Crippen LogP contribution in [0, 0.1) is 0 Å². The number of para-hydroxylation sites is 1. The molecule has 3 N–H and O–H groups in total. The topological polar surface area (TPSA) is 128 Å². The number of aryl methyl sites for hydroxylation is 1. The molecule has 4 rings (SSSR count). The summed E-state index contributed by atoms with van der Waals surface area (Å²) in [6.07, 6.45) is -0.473. The van der Waals surface area contributed by atoms with E-state index in [0.717, 1.165) is 11.1 Å². The number of nitrogens with zero attached hydrogens (tertiary/aromatic N) is 2. The van der Waals surface area contributed by atoms with Gasteiger partial charge in [0.2, 0.25) is 11.8 Å². The van der Waals surface area contributed by atoms with Gasteiger partial charge in [-0.25, -0.2) is 14.5 Å². The molecule has 10 heteroatoms. The largest absolute Gasteiger partial charge is 0.491 e. The summed E-state index contributed by atoms with van der Waals surface area (Å²) in [5.74, 6) is -1.07. The molecule has 0 unspecified atom stereocenters. The van der Waals surface area contributed by atoms with Crippen LogP contribution in [0.3, 0.4) is 0 Å². The highest BCUT2D eigenvalue weighted by Gasteiger charge is 2.37. The molecule has 2 aliphatic rings. The second-order valence-electron chi connectivity index (χ2n) is 8.71. The van der Waals surface area contributed by atoms with E-state index in [-0.39, 0.29) is 25.2 Å². The molecule has 10 nitrogen and oxygen atoms in total. The van der Waals surface area contributed by atoms with Crippen LogP contribution >= 0.6 is 0 Å². The predicted molar refractivity (Wildman–Crippen MR) is 127 cm³/mol. The van der Waals surface area contributed by atoms with E-state index in [2.05, 4.69) is 10.6 Å². The number of rotatable bonds is 4. The third-order valence-corrected chi connectivity index (χ3v) is 6.44. The lowest BCUT2D eigenvalue weighted by molar-refractivity contribution is -0.141. The van der Waals surface area contributed by atoms with Crippen molar-refractivity contribution < 1.29 is 29.0 Å². The molecule has 1 heterocycles. The highest BCUT2D eigenvalue weighted by molar-refractivity contribution is 5.99. The monoisotopic (exact) mass is 480 g/mol. The van der Waals surface area contributed by atoms with Gasteiger partial charge in [-0.05, 0) is 49.1 Å². The number of fused-ring (bicyclic) bond motifs is 2. The minimum atomic E-state index is -1.46. The summed E-state index contributed by atoms with van der Waals surface area (Å²) < 4.78 is 5.78. The van der Waals surface area contributed by atoms with Crippen molar-refractivity contribution in [1.29, 1.82) is 0 Å². The Labute approximate surface area is 202 Å². The summed E-state index contributed by atoms with van der Waals surface area (Å²) in [5.41, 5.74) is 2.98. The van der Waals surface area contributed by atoms with Crippen LogP contribution in [0.4, 0.5) is 15.3 Å². The average Bonchev–Trinajstić information content (AvgIpc) is 3.19. The number of ether oxygens (including phenoxy) is 1. The van der Waals surface area contributed by atoms with Gasteiger partial charge in [-0.15, -0.1) is 0 Å². The summed E-state index contributed by atoms with van der Waals surface area (Å²) >= 11 is 0. The molecular formula is C25H28N4O6. The lowest BCUT2D eigenvalue weighted by Gasteiger charge is -2.29. The van der Waals surface area contributed by atoms with Gasteiger partial charge in [-0.1, -0.05) is 24.3 Å². The number of imide groups is 1. The van der Waals surface area contributed by atoms with Crippen molar-refractivity contribution in [2.75, 3.05) is 25.5 Å². The minimum absolute atomic E-state index is 0.269. The van der Waals surface area contributed by atoms with Crippen LogP contribution < -0.4 is 15.4 Å². The second kappa shape index (κ2) is 10.0. The van der Waals surface area contributed by atoms with Crippen LogP contribution in [-0.4, -0.2) is 65.1 Å². The molecule has 0 saturated carbocycles. The molecule has 0 saturated heterocycles. The first-order chi connectivity index (χ1) is 16.8. The molecule has 35 heavy (non-hydrogen) atoms. The van der Waals surface area contributed by atoms with Crippen LogP contribution in [0.5, 0.6) is 5.75 Å². The van der Waals surface area contributed by atoms with Gasteiger partial charge in [0.05, 0.1) is 12.0 Å². The van der Waals surface area contributed by atoms with Gasteiger partial charge >= 0.3 is 12.1 Å². The minimum Gasteiger partial charge on any atom is -0.491 e. The maximum absolute atomic E-state index is 13.3. The zero-order valence-electron chi connectivity index (χ0n) is 19.6. The van der Waals surface area contributed by atoms with Crippen LogP contribution in [0.2, 0.25) is 0 Å². The first-order valence-electron chi connectivity index (χ1n) is 11.4. The lowest BCUT2D eigenvalue weighted by atomic mass is 9.99. The van der Waals surface area contributed by atoms with E-state index in [1.54, 1.807) is 23.1 Å². The summed E-state index contributed by atoms with van der Waals surface area (Å²) in [6.45, 7) is 1.80. The zero-order chi connectivity index (χ0) is 25.1. The number of carbonyl (C=O) groups is 4. The average molecular weight is 481 g/mol. The molecule has 1 aliphatic carbocycles. The molecule has 5 amide bonds. The Morgan fingerprint density at radius 3 is 2.66 bits per heavy atom. The van der Waals surface area contributed by atoms with Crippen LogP contribution in [0.1, 0.15) is 36.0 Å². The van der Waals surface area contributed by atoms with E-state index in [4.69, 9.17) is 4.74 Å². The van der Waals surface area contributed by atoms with Crippen LogP contribution in [0.15, 0.2) is 42.5 Å². The molecule has 0 fully saturated rings. The summed E-state index contributed by atoms with van der Waals surface area (Å²) in [6, 6.07) is 11.9. The standard InChI is InChI=1S/C25H28N4O6/c1-15-14-35-21-6-4-3-5-17(21)12-28(15)22(30)13-29(25(33)34)23(31)20-9-7-16-11-18(8-10-19(16)20)27-24(32)26-2/h3-6,8,10-11,15,20H,7,9,12-14H2,1-2H3,(H,33,34)(H2,26,27,32)/t15-,20+/m1/s1. The van der Waals surface area contributed by atoms with Crippen LogP contribution in [-0.2, 0) is 22.6 Å². The molecule has 2 aromatic rings. The SMILES string of the molecule is CNC(=O)Nc1ccc2c(c1)CC[C@@H]2C(=O)N(CC(=O)N1Cc2ccccc2OC[C@H]1C)C(=O)O. The molecule has 184 valence electrons. The zero-order valence-corrected chi connectivity index (χ0v) is 19.6. The lowest BCUT2D eigenvalue weighted by Crippen LogP contribution is -2.49. The smallest absolute Gasteiger partial charge is 0.414 e. The number of anilines is 1. The quantitative estimate of drug-likeness (QED) is 0.617. The number of carboxylic acid groups (broad SMARTS) is 1. The molecule has 0 bridgehead atoms. The Kier molecular flexibility index (Phi) is 6.90. The third-order valence-electron chi connectivity index (χ3n) is 6.44. The van der Waals surface area contributed by atoms with Gasteiger partial charge in [0.1, 0.15) is 18.9 Å². The van der Waals surface area contributed by atoms with E-state index >= 15 is 0 Å². The molecular weight excluding hydrogens is 452 g/mol. The number of hydrogen-bond donors (Lipinski definition) is 3. The van der Waals surface area contributed by atoms with E-state index in [9.17, 15) is 24.3 Å². The Morgan fingerprint density at radius 2 is 1.91 bits per heavy atom. The normalized spacial score (nSPS) is 18.4. The predicted octanol–water partition coefficient (Wildman–Crippen LogP) is 2.78. The summed E-state index contributed by atoms with van der Waals surface area (Å²) in [4.78, 5) is 52.3. The number of hydrogen-bond acceptors (Lipinski definition) is 5. The molecule has 2 aromatic carbocycles. The molecule has 2 atom stereocenters. The maximum Gasteiger partial charge on any atom is 0.414 e. The number of carbonyl (C=O) groups excluding carboxylic acids is 3. The van der Waals surface area contributed by atoms with Gasteiger partial charge in [0, 0.05) is 24.8 Å². The fourth-order valence-electron chi connectivity index (χ4n) is 4.55. The van der Waals surface area contributed by atoms with Gasteiger partial charge in [0.15, 0.2) is 0 Å². The van der Waals surface area contributed by atoms with Crippen molar-refractivity contribution in [2.45, 2.75) is 38.3 Å². The van der Waals surface area contributed by atoms with Crippen molar-refractivity contribution in [3.63, 3.8) is 0 Å². The fraction of sp³-hybridized carbons (Fsp3) is 0.360. The van der Waals surface area contributed by atoms with Gasteiger partial charge in [0.25, 0.3) is 0 Å². The van der Waals surface area contributed by atoms with Crippen molar-refractivity contribution in [3.05, 3.63) is 59.2 Å².